The van der Waals surface area contributed by atoms with Gasteiger partial charge in [0.05, 0.1) is 11.4 Å². The molecule has 0 aliphatic carbocycles. The van der Waals surface area contributed by atoms with Crippen LogP contribution in [0, 0.1) is 13.8 Å². The quantitative estimate of drug-likeness (QED) is 0.883. The molecule has 0 bridgehead atoms. The lowest BCUT2D eigenvalue weighted by atomic mass is 10.1. The molecule has 2 N–H and O–H groups in total. The molecule has 4 nitrogen and oxygen atoms in total. The third-order valence-electron chi connectivity index (χ3n) is 3.59. The van der Waals surface area contributed by atoms with Gasteiger partial charge in [-0.05, 0) is 50.1 Å². The smallest absolute Gasteiger partial charge is 0.266 e. The molecule has 0 heterocycles. The van der Waals surface area contributed by atoms with Gasteiger partial charge in [0.2, 0.25) is 0 Å². The van der Waals surface area contributed by atoms with E-state index in [4.69, 9.17) is 5.73 Å². The summed E-state index contributed by atoms with van der Waals surface area (Å²) in [7, 11) is -3.68. The number of nitrogens with zero attached hydrogens (tertiary/aromatic N) is 1. The molecule has 0 aliphatic heterocycles. The number of nitrogen functional groups attached to an aromatic ring is 1. The highest BCUT2D eigenvalue weighted by Crippen LogP contribution is 2.30. The van der Waals surface area contributed by atoms with Crippen LogP contribution in [0.25, 0.3) is 0 Å². The van der Waals surface area contributed by atoms with E-state index in [1.807, 2.05) is 38.1 Å². The number of sulfonamides is 1. The van der Waals surface area contributed by atoms with E-state index < -0.39 is 10.0 Å². The number of hydrogen-bond donors (Lipinski definition) is 1. The van der Waals surface area contributed by atoms with Crippen molar-refractivity contribution in [2.45, 2.75) is 25.7 Å². The van der Waals surface area contributed by atoms with Crippen LogP contribution in [-0.2, 0) is 10.0 Å². The summed E-state index contributed by atoms with van der Waals surface area (Å²) in [5, 5.41) is 0. The van der Waals surface area contributed by atoms with E-state index in [9.17, 15) is 8.42 Å². The number of nitrogens with two attached hydrogens (primary N) is 1. The molecule has 0 aromatic heterocycles. The normalized spacial score (nSPS) is 11.4. The van der Waals surface area contributed by atoms with Gasteiger partial charge in [0.15, 0.2) is 0 Å². The van der Waals surface area contributed by atoms with Gasteiger partial charge in [0.25, 0.3) is 10.0 Å². The van der Waals surface area contributed by atoms with Crippen molar-refractivity contribution in [3.63, 3.8) is 0 Å². The van der Waals surface area contributed by atoms with E-state index in [2.05, 4.69) is 0 Å². The number of hydrogen-bond acceptors (Lipinski definition) is 3. The number of benzene rings is 2. The molecular formula is C16H20N2O2S. The fraction of sp³-hybridized carbons (Fsp3) is 0.250. The second-order valence-corrected chi connectivity index (χ2v) is 6.73. The van der Waals surface area contributed by atoms with Crippen LogP contribution < -0.4 is 10.0 Å². The third kappa shape index (κ3) is 2.74. The van der Waals surface area contributed by atoms with Crippen molar-refractivity contribution in [1.82, 2.24) is 0 Å². The zero-order chi connectivity index (χ0) is 15.6. The molecule has 0 fully saturated rings. The van der Waals surface area contributed by atoms with Gasteiger partial charge in [0, 0.05) is 6.54 Å². The Labute approximate surface area is 126 Å². The van der Waals surface area contributed by atoms with E-state index in [0.717, 1.165) is 5.56 Å². The summed E-state index contributed by atoms with van der Waals surface area (Å²) in [5.41, 5.74) is 8.47. The number of rotatable bonds is 4. The predicted octanol–water partition coefficient (Wildman–Crippen LogP) is 3.10. The molecule has 5 heteroatoms. The van der Waals surface area contributed by atoms with E-state index in [0.29, 0.717) is 17.8 Å². The standard InChI is InChI=1S/C16H20N2O2S/c1-4-18(14-8-6-5-7-9-14)21(19,20)16-13(3)12(2)10-11-15(16)17/h5-11H,4,17H2,1-3H3. The molecule has 0 unspecified atom stereocenters. The van der Waals surface area contributed by atoms with Crippen LogP contribution in [-0.4, -0.2) is 15.0 Å². The lowest BCUT2D eigenvalue weighted by molar-refractivity contribution is 0.591. The Morgan fingerprint density at radius 1 is 1.05 bits per heavy atom. The van der Waals surface area contributed by atoms with Crippen molar-refractivity contribution in [2.75, 3.05) is 16.6 Å². The molecule has 0 spiro atoms. The molecule has 2 rings (SSSR count). The van der Waals surface area contributed by atoms with Crippen molar-refractivity contribution in [3.05, 3.63) is 53.6 Å². The first-order valence-corrected chi connectivity index (χ1v) is 8.27. The maximum absolute atomic E-state index is 13.0. The van der Waals surface area contributed by atoms with Crippen molar-refractivity contribution in [3.8, 4) is 0 Å². The lowest BCUT2D eigenvalue weighted by Gasteiger charge is -2.25. The second-order valence-electron chi connectivity index (χ2n) is 4.93. The summed E-state index contributed by atoms with van der Waals surface area (Å²) < 4.78 is 27.4. The van der Waals surface area contributed by atoms with Crippen LogP contribution in [0.1, 0.15) is 18.1 Å². The van der Waals surface area contributed by atoms with Crippen LogP contribution in [0.4, 0.5) is 11.4 Å². The van der Waals surface area contributed by atoms with Gasteiger partial charge in [-0.1, -0.05) is 24.3 Å². The van der Waals surface area contributed by atoms with Crippen LogP contribution >= 0.6 is 0 Å². The van der Waals surface area contributed by atoms with Crippen LogP contribution in [0.3, 0.4) is 0 Å². The summed E-state index contributed by atoms with van der Waals surface area (Å²) in [6.07, 6.45) is 0. The van der Waals surface area contributed by atoms with Gasteiger partial charge in [0.1, 0.15) is 4.90 Å². The fourth-order valence-corrected chi connectivity index (χ4v) is 4.22. The predicted molar refractivity (Wildman–Crippen MR) is 87.0 cm³/mol. The van der Waals surface area contributed by atoms with Crippen molar-refractivity contribution < 1.29 is 8.42 Å². The molecule has 0 atom stereocenters. The summed E-state index contributed by atoms with van der Waals surface area (Å²) in [6.45, 7) is 5.83. The van der Waals surface area contributed by atoms with E-state index >= 15 is 0 Å². The van der Waals surface area contributed by atoms with E-state index in [1.165, 1.54) is 4.31 Å². The van der Waals surface area contributed by atoms with E-state index in [-0.39, 0.29) is 10.6 Å². The largest absolute Gasteiger partial charge is 0.398 e. The molecule has 112 valence electrons. The molecule has 0 radical (unpaired) electrons. The highest BCUT2D eigenvalue weighted by molar-refractivity contribution is 7.93. The fourth-order valence-electron chi connectivity index (χ4n) is 2.35. The summed E-state index contributed by atoms with van der Waals surface area (Å²) in [5.74, 6) is 0. The lowest BCUT2D eigenvalue weighted by Crippen LogP contribution is -2.32. The Bertz CT molecular complexity index is 740. The topological polar surface area (TPSA) is 63.4 Å². The first-order valence-electron chi connectivity index (χ1n) is 6.83. The summed E-state index contributed by atoms with van der Waals surface area (Å²) >= 11 is 0. The minimum Gasteiger partial charge on any atom is -0.398 e. The first kappa shape index (κ1) is 15.4. The van der Waals surface area contributed by atoms with Crippen LogP contribution in [0.5, 0.6) is 0 Å². The average Bonchev–Trinajstić information content (AvgIpc) is 2.45. The van der Waals surface area contributed by atoms with Crippen molar-refractivity contribution >= 4 is 21.4 Å². The van der Waals surface area contributed by atoms with Crippen LogP contribution in [0.2, 0.25) is 0 Å². The minimum atomic E-state index is -3.68. The Balaban J connectivity index is 2.64. The van der Waals surface area contributed by atoms with Gasteiger partial charge in [-0.2, -0.15) is 0 Å². The summed E-state index contributed by atoms with van der Waals surface area (Å²) in [4.78, 5) is 0.202. The third-order valence-corrected chi connectivity index (χ3v) is 5.69. The van der Waals surface area contributed by atoms with Gasteiger partial charge in [-0.15, -0.1) is 0 Å². The Morgan fingerprint density at radius 3 is 2.24 bits per heavy atom. The SMILES string of the molecule is CCN(c1ccccc1)S(=O)(=O)c1c(N)ccc(C)c1C. The number of anilines is 2. The second kappa shape index (κ2) is 5.77. The number of para-hydroxylation sites is 1. The first-order chi connectivity index (χ1) is 9.89. The molecular weight excluding hydrogens is 284 g/mol. The van der Waals surface area contributed by atoms with Gasteiger partial charge >= 0.3 is 0 Å². The summed E-state index contributed by atoms with van der Waals surface area (Å²) in [6, 6.07) is 12.5. The Morgan fingerprint density at radius 2 is 1.67 bits per heavy atom. The highest BCUT2D eigenvalue weighted by atomic mass is 32.2. The monoisotopic (exact) mass is 304 g/mol. The van der Waals surface area contributed by atoms with Gasteiger partial charge < -0.3 is 5.73 Å². The van der Waals surface area contributed by atoms with Crippen molar-refractivity contribution in [2.24, 2.45) is 0 Å². The Kier molecular flexibility index (Phi) is 4.23. The molecule has 2 aromatic rings. The van der Waals surface area contributed by atoms with E-state index in [1.54, 1.807) is 25.1 Å². The molecule has 0 saturated carbocycles. The zero-order valence-corrected chi connectivity index (χ0v) is 13.3. The van der Waals surface area contributed by atoms with Crippen molar-refractivity contribution in [1.29, 1.82) is 0 Å². The molecule has 0 saturated heterocycles. The average molecular weight is 304 g/mol. The minimum absolute atomic E-state index is 0.202. The molecule has 21 heavy (non-hydrogen) atoms. The molecule has 2 aromatic carbocycles. The molecule has 0 amide bonds. The zero-order valence-electron chi connectivity index (χ0n) is 12.5. The molecule has 0 aliphatic rings. The van der Waals surface area contributed by atoms with Gasteiger partial charge in [-0.25, -0.2) is 8.42 Å². The van der Waals surface area contributed by atoms with Crippen LogP contribution in [0.15, 0.2) is 47.4 Å². The van der Waals surface area contributed by atoms with Gasteiger partial charge in [-0.3, -0.25) is 4.31 Å². The number of aryl methyl sites for hydroxylation is 1. The maximum Gasteiger partial charge on any atom is 0.266 e. The maximum atomic E-state index is 13.0. The Hall–Kier alpha value is -2.01. The highest BCUT2D eigenvalue weighted by Gasteiger charge is 2.28.